The maximum atomic E-state index is 4.26. The number of nitrogens with zero attached hydrogens (tertiary/aromatic N) is 3. The Kier molecular flexibility index (Phi) is 2.19. The summed E-state index contributed by atoms with van der Waals surface area (Å²) in [6.07, 6.45) is 1.90. The second-order valence-corrected chi connectivity index (χ2v) is 3.98. The summed E-state index contributed by atoms with van der Waals surface area (Å²) in [6, 6.07) is 2.05. The summed E-state index contributed by atoms with van der Waals surface area (Å²) in [4.78, 5) is 4.26. The summed E-state index contributed by atoms with van der Waals surface area (Å²) in [5, 5.41) is 10.4. The van der Waals surface area contributed by atoms with Gasteiger partial charge in [-0.05, 0) is 23.5 Å². The van der Waals surface area contributed by atoms with E-state index in [1.807, 2.05) is 6.20 Å². The Balaban J connectivity index is 2.43. The first-order valence-corrected chi connectivity index (χ1v) is 4.85. The molecule has 2 aromatic rings. The molecule has 0 bridgehead atoms. The third-order valence-electron chi connectivity index (χ3n) is 2.73. The predicted molar refractivity (Wildman–Crippen MR) is 54.9 cm³/mol. The third kappa shape index (κ3) is 1.47. The number of pyridine rings is 1. The summed E-state index contributed by atoms with van der Waals surface area (Å²) in [5.41, 5.74) is 2.82. The molecule has 1 unspecified atom stereocenters. The Morgan fingerprint density at radius 1 is 1.29 bits per heavy atom. The van der Waals surface area contributed by atoms with Gasteiger partial charge in [-0.25, -0.2) is 10.1 Å². The number of H-pyrrole nitrogens is 1. The second kappa shape index (κ2) is 3.36. The van der Waals surface area contributed by atoms with Crippen molar-refractivity contribution in [1.82, 2.24) is 20.4 Å². The van der Waals surface area contributed by atoms with Crippen molar-refractivity contribution in [2.24, 2.45) is 5.92 Å². The first-order chi connectivity index (χ1) is 6.68. The van der Waals surface area contributed by atoms with Gasteiger partial charge < -0.3 is 0 Å². The fourth-order valence-corrected chi connectivity index (χ4v) is 1.39. The highest BCUT2D eigenvalue weighted by molar-refractivity contribution is 5.69. The van der Waals surface area contributed by atoms with Crippen LogP contribution in [0.25, 0.3) is 11.2 Å². The molecule has 0 aromatic carbocycles. The van der Waals surface area contributed by atoms with Gasteiger partial charge >= 0.3 is 0 Å². The van der Waals surface area contributed by atoms with Crippen LogP contribution in [0.15, 0.2) is 12.3 Å². The molecular weight excluding hydrogens is 176 g/mol. The lowest BCUT2D eigenvalue weighted by Crippen LogP contribution is -2.02. The van der Waals surface area contributed by atoms with Gasteiger partial charge in [-0.3, -0.25) is 0 Å². The van der Waals surface area contributed by atoms with Crippen molar-refractivity contribution in [2.45, 2.75) is 26.7 Å². The minimum Gasteiger partial charge on any atom is -0.240 e. The fraction of sp³-hybridized carbons (Fsp3) is 0.500. The van der Waals surface area contributed by atoms with Crippen LogP contribution in [-0.4, -0.2) is 20.4 Å². The van der Waals surface area contributed by atoms with E-state index in [0.717, 1.165) is 11.2 Å². The Labute approximate surface area is 82.7 Å². The molecule has 4 heteroatoms. The molecule has 1 N–H and O–H groups in total. The summed E-state index contributed by atoms with van der Waals surface area (Å²) in [6.45, 7) is 6.61. The van der Waals surface area contributed by atoms with Gasteiger partial charge in [0.15, 0.2) is 5.65 Å². The standard InChI is InChI=1S/C10H14N4/c1-6(2)7(3)8-4-9-10(11-5-8)13-14-12-9/h4-7H,1-3H3,(H,11,12,13,14). The topological polar surface area (TPSA) is 54.5 Å². The molecule has 0 aliphatic heterocycles. The van der Waals surface area contributed by atoms with Crippen LogP contribution in [0.5, 0.6) is 0 Å². The monoisotopic (exact) mass is 190 g/mol. The van der Waals surface area contributed by atoms with Gasteiger partial charge in [0, 0.05) is 6.20 Å². The molecule has 2 aromatic heterocycles. The molecule has 0 saturated carbocycles. The van der Waals surface area contributed by atoms with Gasteiger partial charge in [0.2, 0.25) is 0 Å². The van der Waals surface area contributed by atoms with Crippen LogP contribution in [0.2, 0.25) is 0 Å². The predicted octanol–water partition coefficient (Wildman–Crippen LogP) is 2.11. The molecule has 2 rings (SSSR count). The summed E-state index contributed by atoms with van der Waals surface area (Å²) in [7, 11) is 0. The van der Waals surface area contributed by atoms with E-state index in [4.69, 9.17) is 0 Å². The number of rotatable bonds is 2. The number of hydrogen-bond donors (Lipinski definition) is 1. The zero-order chi connectivity index (χ0) is 10.1. The quantitative estimate of drug-likeness (QED) is 0.789. The van der Waals surface area contributed by atoms with Crippen LogP contribution in [-0.2, 0) is 0 Å². The first kappa shape index (κ1) is 9.12. The summed E-state index contributed by atoms with van der Waals surface area (Å²) < 4.78 is 0. The van der Waals surface area contributed by atoms with Crippen molar-refractivity contribution in [3.8, 4) is 0 Å². The maximum absolute atomic E-state index is 4.26. The van der Waals surface area contributed by atoms with Crippen molar-refractivity contribution in [2.75, 3.05) is 0 Å². The molecule has 0 spiro atoms. The highest BCUT2D eigenvalue weighted by atomic mass is 15.3. The average molecular weight is 190 g/mol. The molecule has 0 aliphatic carbocycles. The first-order valence-electron chi connectivity index (χ1n) is 4.85. The van der Waals surface area contributed by atoms with Crippen molar-refractivity contribution >= 4 is 11.2 Å². The van der Waals surface area contributed by atoms with Gasteiger partial charge in [-0.2, -0.15) is 0 Å². The smallest absolute Gasteiger partial charge is 0.175 e. The zero-order valence-electron chi connectivity index (χ0n) is 8.65. The minimum absolute atomic E-state index is 0.503. The van der Waals surface area contributed by atoms with Gasteiger partial charge in [0.1, 0.15) is 5.52 Å². The number of fused-ring (bicyclic) bond motifs is 1. The molecule has 4 nitrogen and oxygen atoms in total. The largest absolute Gasteiger partial charge is 0.240 e. The lowest BCUT2D eigenvalue weighted by Gasteiger charge is -2.14. The van der Waals surface area contributed by atoms with E-state index in [1.165, 1.54) is 5.56 Å². The number of nitrogens with one attached hydrogen (secondary N) is 1. The van der Waals surface area contributed by atoms with Crippen LogP contribution in [0.4, 0.5) is 0 Å². The van der Waals surface area contributed by atoms with E-state index in [2.05, 4.69) is 47.2 Å². The molecule has 0 fully saturated rings. The second-order valence-electron chi connectivity index (χ2n) is 3.98. The minimum atomic E-state index is 0.503. The number of aromatic nitrogens is 4. The van der Waals surface area contributed by atoms with Crippen LogP contribution >= 0.6 is 0 Å². The molecule has 14 heavy (non-hydrogen) atoms. The number of hydrogen-bond acceptors (Lipinski definition) is 3. The third-order valence-corrected chi connectivity index (χ3v) is 2.73. The lowest BCUT2D eigenvalue weighted by molar-refractivity contribution is 0.534. The lowest BCUT2D eigenvalue weighted by atomic mass is 9.91. The Hall–Kier alpha value is -1.45. The van der Waals surface area contributed by atoms with E-state index < -0.39 is 0 Å². The highest BCUT2D eigenvalue weighted by Crippen LogP contribution is 2.24. The summed E-state index contributed by atoms with van der Waals surface area (Å²) >= 11 is 0. The Morgan fingerprint density at radius 3 is 2.79 bits per heavy atom. The summed E-state index contributed by atoms with van der Waals surface area (Å²) in [5.74, 6) is 1.12. The van der Waals surface area contributed by atoms with Crippen LogP contribution in [0.3, 0.4) is 0 Å². The molecule has 2 heterocycles. The van der Waals surface area contributed by atoms with Gasteiger partial charge in [0.25, 0.3) is 0 Å². The van der Waals surface area contributed by atoms with Crippen molar-refractivity contribution in [3.63, 3.8) is 0 Å². The maximum Gasteiger partial charge on any atom is 0.175 e. The molecule has 1 atom stereocenters. The molecule has 0 aliphatic rings. The van der Waals surface area contributed by atoms with Crippen molar-refractivity contribution in [3.05, 3.63) is 17.8 Å². The van der Waals surface area contributed by atoms with E-state index in [0.29, 0.717) is 11.8 Å². The van der Waals surface area contributed by atoms with Gasteiger partial charge in [-0.15, -0.1) is 5.10 Å². The Morgan fingerprint density at radius 2 is 2.07 bits per heavy atom. The molecule has 0 amide bonds. The molecule has 0 saturated heterocycles. The molecular formula is C10H14N4. The van der Waals surface area contributed by atoms with E-state index in [1.54, 1.807) is 0 Å². The van der Waals surface area contributed by atoms with E-state index >= 15 is 0 Å². The van der Waals surface area contributed by atoms with Crippen molar-refractivity contribution in [1.29, 1.82) is 0 Å². The molecule has 0 radical (unpaired) electrons. The number of aromatic amines is 1. The van der Waals surface area contributed by atoms with Gasteiger partial charge in [-0.1, -0.05) is 26.0 Å². The van der Waals surface area contributed by atoms with E-state index in [9.17, 15) is 0 Å². The van der Waals surface area contributed by atoms with Crippen LogP contribution < -0.4 is 0 Å². The highest BCUT2D eigenvalue weighted by Gasteiger charge is 2.11. The Bertz CT molecular complexity index is 432. The fourth-order valence-electron chi connectivity index (χ4n) is 1.39. The average Bonchev–Trinajstić information content (AvgIpc) is 2.62. The van der Waals surface area contributed by atoms with Crippen LogP contribution in [0, 0.1) is 5.92 Å². The van der Waals surface area contributed by atoms with Crippen LogP contribution in [0.1, 0.15) is 32.3 Å². The van der Waals surface area contributed by atoms with Gasteiger partial charge in [0.05, 0.1) is 0 Å². The van der Waals surface area contributed by atoms with Crippen molar-refractivity contribution < 1.29 is 0 Å². The SMILES string of the molecule is CC(C)C(C)c1cnc2[nH]nnc2c1. The normalized spacial score (nSPS) is 13.7. The molecule has 74 valence electrons. The van der Waals surface area contributed by atoms with E-state index in [-0.39, 0.29) is 0 Å². The zero-order valence-corrected chi connectivity index (χ0v) is 8.65.